The Morgan fingerprint density at radius 2 is 2.27 bits per heavy atom. The van der Waals surface area contributed by atoms with E-state index in [-0.39, 0.29) is 5.56 Å². The van der Waals surface area contributed by atoms with E-state index in [2.05, 4.69) is 22.2 Å². The highest BCUT2D eigenvalue weighted by atomic mass is 16.1. The lowest BCUT2D eigenvalue weighted by molar-refractivity contribution is 0.882. The summed E-state index contributed by atoms with van der Waals surface area (Å²) in [7, 11) is 0. The first-order valence-electron chi connectivity index (χ1n) is 5.57. The predicted octanol–water partition coefficient (Wildman–Crippen LogP) is 1.78. The second-order valence-corrected chi connectivity index (χ2v) is 4.13. The minimum Gasteiger partial charge on any atom is -0.370 e. The van der Waals surface area contributed by atoms with Crippen LogP contribution in [0.15, 0.2) is 4.79 Å². The molecular weight excluding hydrogens is 190 g/mol. The average molecular weight is 207 g/mol. The maximum absolute atomic E-state index is 11.6. The third kappa shape index (κ3) is 2.19. The fourth-order valence-electron chi connectivity index (χ4n) is 1.52. The molecule has 0 saturated heterocycles. The summed E-state index contributed by atoms with van der Waals surface area (Å²) in [5.74, 6) is 2.09. The highest BCUT2D eigenvalue weighted by Crippen LogP contribution is 2.37. The molecule has 0 atom stereocenters. The molecule has 1 aliphatic rings. The molecule has 1 saturated carbocycles. The topological polar surface area (TPSA) is 57.8 Å². The minimum atomic E-state index is -0.00879. The molecule has 1 aromatic heterocycles. The van der Waals surface area contributed by atoms with Crippen LogP contribution in [0.4, 0.5) is 5.82 Å². The van der Waals surface area contributed by atoms with Gasteiger partial charge in [-0.3, -0.25) is 4.79 Å². The van der Waals surface area contributed by atoms with Gasteiger partial charge in [0.05, 0.1) is 5.56 Å². The van der Waals surface area contributed by atoms with E-state index in [0.717, 1.165) is 37.4 Å². The molecule has 82 valence electrons. The lowest BCUT2D eigenvalue weighted by atomic mass is 10.3. The zero-order valence-corrected chi connectivity index (χ0v) is 9.26. The monoisotopic (exact) mass is 207 g/mol. The van der Waals surface area contributed by atoms with E-state index in [1.165, 1.54) is 0 Å². The summed E-state index contributed by atoms with van der Waals surface area (Å²) in [5, 5.41) is 3.20. The van der Waals surface area contributed by atoms with Crippen LogP contribution < -0.4 is 10.9 Å². The molecule has 2 rings (SSSR count). The number of rotatable bonds is 4. The second kappa shape index (κ2) is 4.04. The zero-order valence-electron chi connectivity index (χ0n) is 9.26. The van der Waals surface area contributed by atoms with Crippen molar-refractivity contribution in [3.05, 3.63) is 21.7 Å². The highest BCUT2D eigenvalue weighted by molar-refractivity contribution is 5.42. The van der Waals surface area contributed by atoms with Gasteiger partial charge in [-0.25, -0.2) is 4.98 Å². The van der Waals surface area contributed by atoms with Gasteiger partial charge in [-0.2, -0.15) is 0 Å². The Bertz CT molecular complexity index is 407. The first kappa shape index (κ1) is 10.2. The van der Waals surface area contributed by atoms with Gasteiger partial charge in [-0.05, 0) is 26.2 Å². The third-order valence-corrected chi connectivity index (χ3v) is 2.68. The summed E-state index contributed by atoms with van der Waals surface area (Å²) in [4.78, 5) is 18.9. The summed E-state index contributed by atoms with van der Waals surface area (Å²) in [6.45, 7) is 4.76. The largest absolute Gasteiger partial charge is 0.370 e. The SMILES string of the molecule is CCCNc1nc(C2CC2)[nH]c(=O)c1C. The molecule has 15 heavy (non-hydrogen) atoms. The van der Waals surface area contributed by atoms with E-state index >= 15 is 0 Å². The summed E-state index contributed by atoms with van der Waals surface area (Å²) < 4.78 is 0. The molecule has 4 heteroatoms. The van der Waals surface area contributed by atoms with Crippen LogP contribution in [0.5, 0.6) is 0 Å². The van der Waals surface area contributed by atoms with Crippen molar-refractivity contribution in [1.29, 1.82) is 0 Å². The summed E-state index contributed by atoms with van der Waals surface area (Å²) in [5.41, 5.74) is 0.679. The number of anilines is 1. The Hall–Kier alpha value is -1.32. The average Bonchev–Trinajstić information content (AvgIpc) is 3.03. The van der Waals surface area contributed by atoms with Gasteiger partial charge < -0.3 is 10.3 Å². The summed E-state index contributed by atoms with van der Waals surface area (Å²) >= 11 is 0. The van der Waals surface area contributed by atoms with Gasteiger partial charge in [0.25, 0.3) is 5.56 Å². The Morgan fingerprint density at radius 3 is 2.87 bits per heavy atom. The van der Waals surface area contributed by atoms with Crippen LogP contribution in [0.1, 0.15) is 43.5 Å². The molecule has 0 aromatic carbocycles. The minimum absolute atomic E-state index is 0.00879. The molecule has 0 spiro atoms. The molecular formula is C11H17N3O. The van der Waals surface area contributed by atoms with Gasteiger partial charge in [0.2, 0.25) is 0 Å². The zero-order chi connectivity index (χ0) is 10.8. The van der Waals surface area contributed by atoms with Crippen molar-refractivity contribution < 1.29 is 0 Å². The van der Waals surface area contributed by atoms with Crippen LogP contribution in [0.2, 0.25) is 0 Å². The molecule has 1 aliphatic carbocycles. The maximum Gasteiger partial charge on any atom is 0.255 e. The Morgan fingerprint density at radius 1 is 1.53 bits per heavy atom. The number of aromatic nitrogens is 2. The number of aromatic amines is 1. The van der Waals surface area contributed by atoms with Crippen molar-refractivity contribution in [2.24, 2.45) is 0 Å². The first-order chi connectivity index (χ1) is 7.22. The van der Waals surface area contributed by atoms with Gasteiger partial charge in [-0.1, -0.05) is 6.92 Å². The van der Waals surface area contributed by atoms with Crippen LogP contribution in [-0.4, -0.2) is 16.5 Å². The Kier molecular flexibility index (Phi) is 2.75. The van der Waals surface area contributed by atoms with Crippen LogP contribution in [0.25, 0.3) is 0 Å². The fraction of sp³-hybridized carbons (Fsp3) is 0.636. The van der Waals surface area contributed by atoms with Crippen LogP contribution >= 0.6 is 0 Å². The quantitative estimate of drug-likeness (QED) is 0.791. The van der Waals surface area contributed by atoms with Gasteiger partial charge >= 0.3 is 0 Å². The van der Waals surface area contributed by atoms with E-state index in [4.69, 9.17) is 0 Å². The van der Waals surface area contributed by atoms with Gasteiger partial charge in [0, 0.05) is 12.5 Å². The Balaban J connectivity index is 2.29. The number of hydrogen-bond acceptors (Lipinski definition) is 3. The molecule has 0 unspecified atom stereocenters. The van der Waals surface area contributed by atoms with E-state index in [1.807, 2.05) is 0 Å². The molecule has 2 N–H and O–H groups in total. The van der Waals surface area contributed by atoms with Gasteiger partial charge in [-0.15, -0.1) is 0 Å². The lowest BCUT2D eigenvalue weighted by Gasteiger charge is -2.08. The van der Waals surface area contributed by atoms with Crippen molar-refractivity contribution in [3.8, 4) is 0 Å². The first-order valence-corrected chi connectivity index (χ1v) is 5.57. The highest BCUT2D eigenvalue weighted by Gasteiger charge is 2.26. The number of hydrogen-bond donors (Lipinski definition) is 2. The van der Waals surface area contributed by atoms with Crippen LogP contribution in [0, 0.1) is 6.92 Å². The Labute approximate surface area is 89.1 Å². The smallest absolute Gasteiger partial charge is 0.255 e. The predicted molar refractivity (Wildman–Crippen MR) is 60.4 cm³/mol. The van der Waals surface area contributed by atoms with E-state index < -0.39 is 0 Å². The van der Waals surface area contributed by atoms with Crippen molar-refractivity contribution in [2.75, 3.05) is 11.9 Å². The van der Waals surface area contributed by atoms with Crippen molar-refractivity contribution in [2.45, 2.75) is 39.0 Å². The van der Waals surface area contributed by atoms with Crippen LogP contribution in [0.3, 0.4) is 0 Å². The normalized spacial score (nSPS) is 15.3. The van der Waals surface area contributed by atoms with Crippen molar-refractivity contribution in [1.82, 2.24) is 9.97 Å². The number of nitrogens with zero attached hydrogens (tertiary/aromatic N) is 1. The van der Waals surface area contributed by atoms with Gasteiger partial charge in [0.1, 0.15) is 11.6 Å². The standard InChI is InChI=1S/C11H17N3O/c1-3-6-12-9-7(2)11(15)14-10(13-9)8-4-5-8/h8H,3-6H2,1-2H3,(H2,12,13,14,15). The summed E-state index contributed by atoms with van der Waals surface area (Å²) in [6.07, 6.45) is 3.34. The molecule has 1 fully saturated rings. The third-order valence-electron chi connectivity index (χ3n) is 2.68. The van der Waals surface area contributed by atoms with E-state index in [1.54, 1.807) is 6.92 Å². The number of nitrogens with one attached hydrogen (secondary N) is 2. The van der Waals surface area contributed by atoms with Crippen LogP contribution in [-0.2, 0) is 0 Å². The number of H-pyrrole nitrogens is 1. The van der Waals surface area contributed by atoms with E-state index in [0.29, 0.717) is 11.5 Å². The molecule has 4 nitrogen and oxygen atoms in total. The molecule has 0 bridgehead atoms. The lowest BCUT2D eigenvalue weighted by Crippen LogP contribution is -2.18. The van der Waals surface area contributed by atoms with Crippen molar-refractivity contribution >= 4 is 5.82 Å². The molecule has 0 amide bonds. The summed E-state index contributed by atoms with van der Waals surface area (Å²) in [6, 6.07) is 0. The van der Waals surface area contributed by atoms with E-state index in [9.17, 15) is 4.79 Å². The molecule has 0 radical (unpaired) electrons. The molecule has 1 heterocycles. The second-order valence-electron chi connectivity index (χ2n) is 4.13. The fourth-order valence-corrected chi connectivity index (χ4v) is 1.52. The maximum atomic E-state index is 11.6. The molecule has 0 aliphatic heterocycles. The van der Waals surface area contributed by atoms with Gasteiger partial charge in [0.15, 0.2) is 0 Å². The van der Waals surface area contributed by atoms with Crippen molar-refractivity contribution in [3.63, 3.8) is 0 Å². The molecule has 1 aromatic rings.